The first-order valence-corrected chi connectivity index (χ1v) is 10.3. The number of carbonyl (C=O) groups excluding carboxylic acids is 1. The molecule has 1 fully saturated rings. The van der Waals surface area contributed by atoms with Crippen molar-refractivity contribution in [2.45, 2.75) is 59.2 Å². The lowest BCUT2D eigenvalue weighted by atomic mass is 9.78. The van der Waals surface area contributed by atoms with Crippen molar-refractivity contribution in [1.29, 1.82) is 0 Å². The normalized spacial score (nSPS) is 17.1. The van der Waals surface area contributed by atoms with E-state index in [2.05, 4.69) is 4.85 Å². The smallest absolute Gasteiger partial charge is 0.461 e. The first-order chi connectivity index (χ1) is 14.1. The van der Waals surface area contributed by atoms with E-state index in [-0.39, 0.29) is 6.61 Å². The molecule has 2 heterocycles. The zero-order chi connectivity index (χ0) is 22.3. The van der Waals surface area contributed by atoms with Gasteiger partial charge >= 0.3 is 13.1 Å². The zero-order valence-electron chi connectivity index (χ0n) is 18.8. The Kier molecular flexibility index (Phi) is 5.86. The lowest BCUT2D eigenvalue weighted by Crippen LogP contribution is -2.41. The van der Waals surface area contributed by atoms with E-state index in [0.717, 1.165) is 16.7 Å². The monoisotopic (exact) mass is 408 g/mol. The Labute approximate surface area is 179 Å². The number of carbonyl (C=O) groups is 1. The predicted octanol–water partition coefficient (Wildman–Crippen LogP) is 4.28. The first kappa shape index (κ1) is 22.1. The minimum Gasteiger partial charge on any atom is -0.461 e. The van der Waals surface area contributed by atoms with Gasteiger partial charge in [0, 0.05) is 18.3 Å². The number of hydrogen-bond acceptors (Lipinski definition) is 4. The minimum atomic E-state index is -0.462. The average Bonchev–Trinajstić information content (AvgIpc) is 3.10. The molecule has 0 unspecified atom stereocenters. The molecule has 0 saturated carbocycles. The molecule has 3 rings (SSSR count). The maximum absolute atomic E-state index is 12.7. The largest absolute Gasteiger partial charge is 0.494 e. The van der Waals surface area contributed by atoms with Crippen molar-refractivity contribution in [3.05, 3.63) is 47.1 Å². The van der Waals surface area contributed by atoms with Gasteiger partial charge in [0.1, 0.15) is 5.69 Å². The Morgan fingerprint density at radius 3 is 2.17 bits per heavy atom. The molecule has 0 radical (unpaired) electrons. The van der Waals surface area contributed by atoms with Gasteiger partial charge in [0.2, 0.25) is 5.69 Å². The van der Waals surface area contributed by atoms with Crippen LogP contribution in [-0.2, 0) is 27.5 Å². The summed E-state index contributed by atoms with van der Waals surface area (Å²) in [5.74, 6) is -0.422. The van der Waals surface area contributed by atoms with Gasteiger partial charge in [-0.15, -0.1) is 0 Å². The molecule has 2 aromatic rings. The van der Waals surface area contributed by atoms with Crippen LogP contribution in [0.4, 0.5) is 5.69 Å². The average molecular weight is 408 g/mol. The second-order valence-corrected chi connectivity index (χ2v) is 8.47. The van der Waals surface area contributed by atoms with Gasteiger partial charge < -0.3 is 18.6 Å². The first-order valence-electron chi connectivity index (χ1n) is 10.3. The number of benzene rings is 1. The van der Waals surface area contributed by atoms with Gasteiger partial charge in [-0.1, -0.05) is 31.2 Å². The Morgan fingerprint density at radius 2 is 1.70 bits per heavy atom. The number of aromatic nitrogens is 1. The standard InChI is InChI=1S/C23H29BN2O4/c1-9-17-19(25-7)18(20(26(17)8)21(27)28-10-2)15-11-13-16(14-12-15)24-29-22(3,4)23(5,6)30-24/h11-14H,9-10H2,1-6,8H3. The van der Waals surface area contributed by atoms with E-state index in [1.807, 2.05) is 65.9 Å². The number of rotatable bonds is 5. The summed E-state index contributed by atoms with van der Waals surface area (Å²) in [6, 6.07) is 7.68. The van der Waals surface area contributed by atoms with E-state index in [0.29, 0.717) is 23.4 Å². The van der Waals surface area contributed by atoms with E-state index < -0.39 is 24.3 Å². The highest BCUT2D eigenvalue weighted by Crippen LogP contribution is 2.40. The van der Waals surface area contributed by atoms with Gasteiger partial charge in [0.25, 0.3) is 0 Å². The summed E-state index contributed by atoms with van der Waals surface area (Å²) in [4.78, 5) is 16.4. The molecule has 1 aromatic heterocycles. The Hall–Kier alpha value is -2.56. The van der Waals surface area contributed by atoms with E-state index in [1.165, 1.54) is 0 Å². The van der Waals surface area contributed by atoms with Gasteiger partial charge in [-0.3, -0.25) is 0 Å². The van der Waals surface area contributed by atoms with Crippen molar-refractivity contribution in [3.63, 3.8) is 0 Å². The molecule has 0 spiro atoms. The van der Waals surface area contributed by atoms with Crippen molar-refractivity contribution in [3.8, 4) is 11.1 Å². The molecule has 1 aromatic carbocycles. The fourth-order valence-electron chi connectivity index (χ4n) is 3.74. The molecule has 0 aliphatic carbocycles. The number of ether oxygens (including phenoxy) is 1. The summed E-state index contributed by atoms with van der Waals surface area (Å²) in [5.41, 5.74) is 3.18. The third-order valence-electron chi connectivity index (χ3n) is 6.13. The van der Waals surface area contributed by atoms with Gasteiger partial charge in [0.05, 0.1) is 24.4 Å². The lowest BCUT2D eigenvalue weighted by Gasteiger charge is -2.32. The Bertz CT molecular complexity index is 984. The molecule has 1 aliphatic heterocycles. The summed E-state index contributed by atoms with van der Waals surface area (Å²) in [6.45, 7) is 19.8. The van der Waals surface area contributed by atoms with Crippen molar-refractivity contribution in [1.82, 2.24) is 4.57 Å². The van der Waals surface area contributed by atoms with Gasteiger partial charge in [0.15, 0.2) is 0 Å². The summed E-state index contributed by atoms with van der Waals surface area (Å²) in [7, 11) is 1.35. The van der Waals surface area contributed by atoms with Crippen molar-refractivity contribution < 1.29 is 18.8 Å². The fourth-order valence-corrected chi connectivity index (χ4v) is 3.74. The topological polar surface area (TPSA) is 54.1 Å². The van der Waals surface area contributed by atoms with Crippen molar-refractivity contribution in [2.75, 3.05) is 6.61 Å². The van der Waals surface area contributed by atoms with Gasteiger partial charge in [-0.2, -0.15) is 0 Å². The predicted molar refractivity (Wildman–Crippen MR) is 118 cm³/mol. The van der Waals surface area contributed by atoms with Gasteiger partial charge in [-0.25, -0.2) is 9.64 Å². The quantitative estimate of drug-likeness (QED) is 0.421. The Morgan fingerprint density at radius 1 is 1.13 bits per heavy atom. The molecule has 6 nitrogen and oxygen atoms in total. The van der Waals surface area contributed by atoms with E-state index >= 15 is 0 Å². The molecule has 30 heavy (non-hydrogen) atoms. The van der Waals surface area contributed by atoms with E-state index in [9.17, 15) is 4.79 Å². The molecule has 158 valence electrons. The number of esters is 1. The second-order valence-electron chi connectivity index (χ2n) is 8.47. The maximum Gasteiger partial charge on any atom is 0.494 e. The van der Waals surface area contributed by atoms with E-state index in [4.69, 9.17) is 20.6 Å². The molecule has 0 atom stereocenters. The summed E-state index contributed by atoms with van der Waals surface area (Å²) in [6.07, 6.45) is 0.645. The number of nitrogens with zero attached hydrogens (tertiary/aromatic N) is 2. The molecule has 0 N–H and O–H groups in total. The second kappa shape index (κ2) is 7.94. The van der Waals surface area contributed by atoms with Crippen LogP contribution in [0.15, 0.2) is 24.3 Å². The zero-order valence-corrected chi connectivity index (χ0v) is 18.8. The van der Waals surface area contributed by atoms with Crippen molar-refractivity contribution >= 4 is 24.2 Å². The van der Waals surface area contributed by atoms with Crippen molar-refractivity contribution in [2.24, 2.45) is 7.05 Å². The molecule has 7 heteroatoms. The Balaban J connectivity index is 2.05. The van der Waals surface area contributed by atoms with Crippen LogP contribution in [0.1, 0.15) is 57.7 Å². The van der Waals surface area contributed by atoms with Crippen LogP contribution >= 0.6 is 0 Å². The lowest BCUT2D eigenvalue weighted by molar-refractivity contribution is 0.00578. The van der Waals surface area contributed by atoms with E-state index in [1.54, 1.807) is 11.5 Å². The highest BCUT2D eigenvalue weighted by molar-refractivity contribution is 6.62. The third kappa shape index (κ3) is 3.55. The molecule has 1 aliphatic rings. The molecule has 0 amide bonds. The van der Waals surface area contributed by atoms with Crippen LogP contribution in [0, 0.1) is 6.57 Å². The molecular formula is C23H29BN2O4. The van der Waals surface area contributed by atoms with Crippen LogP contribution in [0.2, 0.25) is 0 Å². The molecular weight excluding hydrogens is 379 g/mol. The summed E-state index contributed by atoms with van der Waals surface area (Å²) >= 11 is 0. The minimum absolute atomic E-state index is 0.277. The highest BCUT2D eigenvalue weighted by atomic mass is 16.7. The number of hydrogen-bond donors (Lipinski definition) is 0. The third-order valence-corrected chi connectivity index (χ3v) is 6.13. The molecule has 0 bridgehead atoms. The van der Waals surface area contributed by atoms with Crippen LogP contribution < -0.4 is 5.46 Å². The van der Waals surface area contributed by atoms with Crippen LogP contribution in [-0.4, -0.2) is 35.5 Å². The van der Waals surface area contributed by atoms with Crippen LogP contribution in [0.3, 0.4) is 0 Å². The van der Waals surface area contributed by atoms with Crippen LogP contribution in [0.5, 0.6) is 0 Å². The van der Waals surface area contributed by atoms with Gasteiger partial charge in [-0.05, 0) is 52.1 Å². The summed E-state index contributed by atoms with van der Waals surface area (Å²) < 4.78 is 19.3. The summed E-state index contributed by atoms with van der Waals surface area (Å²) in [5, 5.41) is 0. The molecule has 1 saturated heterocycles. The SMILES string of the molecule is [C-]#[N+]c1c(-c2ccc(B3OC(C)(C)C(C)(C)O3)cc2)c(C(=O)OCC)n(C)c1CC. The van der Waals surface area contributed by atoms with Crippen LogP contribution in [0.25, 0.3) is 16.0 Å². The fraction of sp³-hybridized carbons (Fsp3) is 0.478. The highest BCUT2D eigenvalue weighted by Gasteiger charge is 2.51. The maximum atomic E-state index is 12.7.